The third kappa shape index (κ3) is 4.37. The van der Waals surface area contributed by atoms with E-state index in [1.54, 1.807) is 4.90 Å². The van der Waals surface area contributed by atoms with E-state index in [9.17, 15) is 9.59 Å². The molecule has 6 heteroatoms. The molecule has 2 N–H and O–H groups in total. The summed E-state index contributed by atoms with van der Waals surface area (Å²) in [6, 6.07) is 0.0868. The molecule has 2 aliphatic heterocycles. The second kappa shape index (κ2) is 6.92. The van der Waals surface area contributed by atoms with Crippen molar-refractivity contribution in [3.05, 3.63) is 0 Å². The van der Waals surface area contributed by atoms with Crippen LogP contribution in [0.2, 0.25) is 0 Å². The van der Waals surface area contributed by atoms with Gasteiger partial charge in [0.15, 0.2) is 0 Å². The topological polar surface area (TPSA) is 72.9 Å². The van der Waals surface area contributed by atoms with Crippen LogP contribution in [0.4, 0.5) is 4.79 Å². The number of nitrogens with zero attached hydrogens (tertiary/aromatic N) is 2. The van der Waals surface area contributed by atoms with Crippen molar-refractivity contribution in [1.82, 2.24) is 15.1 Å². The maximum Gasteiger partial charge on any atom is 0.317 e. The standard InChI is InChI=1S/C14H25N3O3/c1-11(9-16-5-2-3-6-16)15-14(20)17-7-4-12(10-17)8-13(18)19/h11-12H,2-10H2,1H3,(H,15,20)(H,18,19). The molecule has 2 aliphatic rings. The molecule has 2 saturated heterocycles. The van der Waals surface area contributed by atoms with E-state index in [2.05, 4.69) is 10.2 Å². The van der Waals surface area contributed by atoms with Crippen LogP contribution in [0.25, 0.3) is 0 Å². The Labute approximate surface area is 120 Å². The van der Waals surface area contributed by atoms with E-state index in [0.29, 0.717) is 13.1 Å². The first-order chi connectivity index (χ1) is 9.54. The Kier molecular flexibility index (Phi) is 5.23. The number of hydrogen-bond donors (Lipinski definition) is 2. The van der Waals surface area contributed by atoms with E-state index in [4.69, 9.17) is 5.11 Å². The number of aliphatic carboxylic acids is 1. The molecular weight excluding hydrogens is 258 g/mol. The van der Waals surface area contributed by atoms with Gasteiger partial charge in [-0.2, -0.15) is 0 Å². The Hall–Kier alpha value is -1.30. The van der Waals surface area contributed by atoms with Gasteiger partial charge in [-0.15, -0.1) is 0 Å². The van der Waals surface area contributed by atoms with E-state index in [1.165, 1.54) is 12.8 Å². The van der Waals surface area contributed by atoms with E-state index in [-0.39, 0.29) is 24.4 Å². The van der Waals surface area contributed by atoms with Crippen LogP contribution in [-0.4, -0.2) is 65.7 Å². The highest BCUT2D eigenvalue weighted by molar-refractivity contribution is 5.75. The fraction of sp³-hybridized carbons (Fsp3) is 0.857. The summed E-state index contributed by atoms with van der Waals surface area (Å²) < 4.78 is 0. The van der Waals surface area contributed by atoms with Crippen molar-refractivity contribution in [2.75, 3.05) is 32.7 Å². The third-order valence-electron chi connectivity index (χ3n) is 4.14. The number of carboxylic acids is 1. The summed E-state index contributed by atoms with van der Waals surface area (Å²) in [5, 5.41) is 11.8. The van der Waals surface area contributed by atoms with Crippen LogP contribution in [-0.2, 0) is 4.79 Å². The molecule has 0 aromatic heterocycles. The minimum Gasteiger partial charge on any atom is -0.481 e. The summed E-state index contributed by atoms with van der Waals surface area (Å²) in [5.74, 6) is -0.674. The molecule has 0 saturated carbocycles. The van der Waals surface area contributed by atoms with Crippen molar-refractivity contribution in [2.24, 2.45) is 5.92 Å². The molecule has 0 bridgehead atoms. The molecule has 0 aromatic carbocycles. The number of amides is 2. The smallest absolute Gasteiger partial charge is 0.317 e. The molecule has 0 spiro atoms. The number of carbonyl (C=O) groups is 2. The first kappa shape index (κ1) is 15.1. The number of urea groups is 1. The summed E-state index contributed by atoms with van der Waals surface area (Å²) in [6.07, 6.45) is 3.46. The normalized spacial score (nSPS) is 24.9. The number of likely N-dealkylation sites (tertiary alicyclic amines) is 2. The highest BCUT2D eigenvalue weighted by atomic mass is 16.4. The second-order valence-electron chi connectivity index (χ2n) is 6.06. The van der Waals surface area contributed by atoms with Gasteiger partial charge in [-0.05, 0) is 45.2 Å². The summed E-state index contributed by atoms with van der Waals surface area (Å²) in [4.78, 5) is 26.9. The van der Waals surface area contributed by atoms with Crippen LogP contribution in [0.3, 0.4) is 0 Å². The van der Waals surface area contributed by atoms with Gasteiger partial charge in [-0.3, -0.25) is 4.79 Å². The number of hydrogen-bond acceptors (Lipinski definition) is 3. The van der Waals surface area contributed by atoms with Crippen LogP contribution in [0.15, 0.2) is 0 Å². The summed E-state index contributed by atoms with van der Waals surface area (Å²) >= 11 is 0. The predicted octanol–water partition coefficient (Wildman–Crippen LogP) is 0.977. The van der Waals surface area contributed by atoms with Gasteiger partial charge in [-0.1, -0.05) is 0 Å². The molecule has 2 amide bonds. The van der Waals surface area contributed by atoms with Crippen molar-refractivity contribution in [3.63, 3.8) is 0 Å². The van der Waals surface area contributed by atoms with Crippen molar-refractivity contribution in [3.8, 4) is 0 Å². The number of carbonyl (C=O) groups excluding carboxylic acids is 1. The molecule has 2 atom stereocenters. The number of nitrogens with one attached hydrogen (secondary N) is 1. The highest BCUT2D eigenvalue weighted by Gasteiger charge is 2.28. The lowest BCUT2D eigenvalue weighted by atomic mass is 10.1. The van der Waals surface area contributed by atoms with Gasteiger partial charge in [0.2, 0.25) is 0 Å². The molecule has 2 rings (SSSR count). The van der Waals surface area contributed by atoms with Crippen LogP contribution in [0.5, 0.6) is 0 Å². The van der Waals surface area contributed by atoms with E-state index in [0.717, 1.165) is 26.1 Å². The molecule has 114 valence electrons. The Morgan fingerprint density at radius 1 is 1.30 bits per heavy atom. The highest BCUT2D eigenvalue weighted by Crippen LogP contribution is 2.19. The van der Waals surface area contributed by atoms with Crippen molar-refractivity contribution >= 4 is 12.0 Å². The summed E-state index contributed by atoms with van der Waals surface area (Å²) in [5.41, 5.74) is 0. The lowest BCUT2D eigenvalue weighted by molar-refractivity contribution is -0.138. The number of rotatable bonds is 5. The monoisotopic (exact) mass is 283 g/mol. The van der Waals surface area contributed by atoms with Crippen molar-refractivity contribution < 1.29 is 14.7 Å². The second-order valence-corrected chi connectivity index (χ2v) is 6.06. The van der Waals surface area contributed by atoms with Gasteiger partial charge in [0.05, 0.1) is 0 Å². The van der Waals surface area contributed by atoms with Gasteiger partial charge in [0, 0.05) is 32.1 Å². The van der Waals surface area contributed by atoms with Crippen LogP contribution in [0.1, 0.15) is 32.6 Å². The van der Waals surface area contributed by atoms with Crippen molar-refractivity contribution in [2.45, 2.75) is 38.6 Å². The lowest BCUT2D eigenvalue weighted by Gasteiger charge is -2.24. The van der Waals surface area contributed by atoms with Gasteiger partial charge in [0.25, 0.3) is 0 Å². The predicted molar refractivity (Wildman–Crippen MR) is 75.6 cm³/mol. The zero-order valence-corrected chi connectivity index (χ0v) is 12.2. The minimum absolute atomic E-state index is 0.0513. The number of carboxylic acid groups (broad SMARTS) is 1. The maximum absolute atomic E-state index is 12.1. The average Bonchev–Trinajstić information content (AvgIpc) is 2.99. The Morgan fingerprint density at radius 3 is 2.65 bits per heavy atom. The third-order valence-corrected chi connectivity index (χ3v) is 4.14. The van der Waals surface area contributed by atoms with Crippen molar-refractivity contribution in [1.29, 1.82) is 0 Å². The van der Waals surface area contributed by atoms with Gasteiger partial charge in [0.1, 0.15) is 0 Å². The quantitative estimate of drug-likeness (QED) is 0.789. The lowest BCUT2D eigenvalue weighted by Crippen LogP contribution is -2.46. The van der Waals surface area contributed by atoms with Gasteiger partial charge >= 0.3 is 12.0 Å². The molecular formula is C14H25N3O3. The molecule has 20 heavy (non-hydrogen) atoms. The van der Waals surface area contributed by atoms with Crippen LogP contribution < -0.4 is 5.32 Å². The summed E-state index contributed by atoms with van der Waals surface area (Å²) in [6.45, 7) is 6.42. The summed E-state index contributed by atoms with van der Waals surface area (Å²) in [7, 11) is 0. The zero-order valence-electron chi connectivity index (χ0n) is 12.2. The average molecular weight is 283 g/mol. The van der Waals surface area contributed by atoms with Gasteiger partial charge < -0.3 is 20.2 Å². The zero-order chi connectivity index (χ0) is 14.5. The van der Waals surface area contributed by atoms with Crippen LogP contribution >= 0.6 is 0 Å². The van der Waals surface area contributed by atoms with E-state index < -0.39 is 5.97 Å². The van der Waals surface area contributed by atoms with Crippen LogP contribution in [0, 0.1) is 5.92 Å². The van der Waals surface area contributed by atoms with Gasteiger partial charge in [-0.25, -0.2) is 4.79 Å². The first-order valence-corrected chi connectivity index (χ1v) is 7.54. The Balaban J connectivity index is 1.70. The Bertz CT molecular complexity index is 356. The maximum atomic E-state index is 12.1. The first-order valence-electron chi connectivity index (χ1n) is 7.54. The molecule has 2 heterocycles. The Morgan fingerprint density at radius 2 is 2.00 bits per heavy atom. The molecule has 6 nitrogen and oxygen atoms in total. The molecule has 0 radical (unpaired) electrons. The molecule has 0 aliphatic carbocycles. The SMILES string of the molecule is CC(CN1CCCC1)NC(=O)N1CCC(CC(=O)O)C1. The largest absolute Gasteiger partial charge is 0.481 e. The minimum atomic E-state index is -0.778. The fourth-order valence-corrected chi connectivity index (χ4v) is 3.13. The molecule has 2 fully saturated rings. The fourth-order valence-electron chi connectivity index (χ4n) is 3.13. The van der Waals surface area contributed by atoms with E-state index >= 15 is 0 Å². The molecule has 2 unspecified atom stereocenters. The van der Waals surface area contributed by atoms with E-state index in [1.807, 2.05) is 6.92 Å². The molecule has 0 aromatic rings.